The van der Waals surface area contributed by atoms with E-state index < -0.39 is 0 Å². The zero-order valence-corrected chi connectivity index (χ0v) is 14.6. The summed E-state index contributed by atoms with van der Waals surface area (Å²) >= 11 is 0. The topological polar surface area (TPSA) is 74.0 Å². The molecule has 0 aliphatic carbocycles. The zero-order chi connectivity index (χ0) is 18.2. The lowest BCUT2D eigenvalue weighted by Crippen LogP contribution is -2.00. The van der Waals surface area contributed by atoms with E-state index in [0.717, 1.165) is 39.5 Å². The van der Waals surface area contributed by atoms with E-state index in [4.69, 9.17) is 4.52 Å². The van der Waals surface area contributed by atoms with Gasteiger partial charge in [0.05, 0.1) is 18.4 Å². The second kappa shape index (κ2) is 6.21. The van der Waals surface area contributed by atoms with Crippen molar-refractivity contribution >= 4 is 5.65 Å². The monoisotopic (exact) mass is 356 g/mol. The Hall–Kier alpha value is -3.74. The van der Waals surface area contributed by atoms with Gasteiger partial charge in [-0.2, -0.15) is 10.2 Å². The maximum Gasteiger partial charge on any atom is 0.162 e. The van der Waals surface area contributed by atoms with Crippen LogP contribution >= 0.6 is 0 Å². The SMILES string of the molecule is Cc1cc(Cn2ccc(-c3cccc(-c4cnn5cccnc45)c3)n2)no1. The van der Waals surface area contributed by atoms with Crippen LogP contribution in [-0.4, -0.2) is 29.5 Å². The molecule has 0 aliphatic rings. The number of rotatable bonds is 4. The zero-order valence-electron chi connectivity index (χ0n) is 14.6. The van der Waals surface area contributed by atoms with Crippen molar-refractivity contribution in [3.05, 3.63) is 78.7 Å². The molecule has 7 nitrogen and oxygen atoms in total. The van der Waals surface area contributed by atoms with Gasteiger partial charge in [0.25, 0.3) is 0 Å². The molecule has 0 spiro atoms. The summed E-state index contributed by atoms with van der Waals surface area (Å²) in [5, 5.41) is 13.1. The largest absolute Gasteiger partial charge is 0.361 e. The summed E-state index contributed by atoms with van der Waals surface area (Å²) < 4.78 is 8.75. The molecular formula is C20H16N6O. The first kappa shape index (κ1) is 15.5. The van der Waals surface area contributed by atoms with Crippen LogP contribution in [0.4, 0.5) is 0 Å². The summed E-state index contributed by atoms with van der Waals surface area (Å²) in [6, 6.07) is 14.0. The predicted octanol–water partition coefficient (Wildman–Crippen LogP) is 3.60. The van der Waals surface area contributed by atoms with Gasteiger partial charge < -0.3 is 4.52 Å². The molecule has 7 heteroatoms. The van der Waals surface area contributed by atoms with Crippen molar-refractivity contribution in [2.45, 2.75) is 13.5 Å². The van der Waals surface area contributed by atoms with Gasteiger partial charge >= 0.3 is 0 Å². The van der Waals surface area contributed by atoms with Crippen LogP contribution in [0.3, 0.4) is 0 Å². The van der Waals surface area contributed by atoms with Gasteiger partial charge in [0.15, 0.2) is 5.65 Å². The third-order valence-electron chi connectivity index (χ3n) is 4.39. The second-order valence-electron chi connectivity index (χ2n) is 6.35. The smallest absolute Gasteiger partial charge is 0.162 e. The Balaban J connectivity index is 1.47. The highest BCUT2D eigenvalue weighted by molar-refractivity contribution is 5.79. The first-order chi connectivity index (χ1) is 13.3. The van der Waals surface area contributed by atoms with Gasteiger partial charge in [-0.25, -0.2) is 9.50 Å². The van der Waals surface area contributed by atoms with Crippen LogP contribution in [-0.2, 0) is 6.54 Å². The van der Waals surface area contributed by atoms with E-state index in [0.29, 0.717) is 6.54 Å². The molecule has 0 N–H and O–H groups in total. The first-order valence-electron chi connectivity index (χ1n) is 8.61. The number of aryl methyl sites for hydroxylation is 1. The van der Waals surface area contributed by atoms with Gasteiger partial charge in [-0.15, -0.1) is 0 Å². The fourth-order valence-electron chi connectivity index (χ4n) is 3.14. The van der Waals surface area contributed by atoms with Crippen LogP contribution in [0.1, 0.15) is 11.5 Å². The Labute approximate surface area is 154 Å². The number of benzene rings is 1. The molecule has 5 aromatic rings. The molecule has 0 atom stereocenters. The third-order valence-corrected chi connectivity index (χ3v) is 4.39. The van der Waals surface area contributed by atoms with Crippen LogP contribution in [0.15, 0.2) is 71.8 Å². The van der Waals surface area contributed by atoms with Gasteiger partial charge in [0, 0.05) is 35.8 Å². The molecule has 27 heavy (non-hydrogen) atoms. The molecule has 4 aromatic heterocycles. The lowest BCUT2D eigenvalue weighted by atomic mass is 10.0. The Morgan fingerprint density at radius 3 is 2.85 bits per heavy atom. The highest BCUT2D eigenvalue weighted by Crippen LogP contribution is 2.27. The highest BCUT2D eigenvalue weighted by Gasteiger charge is 2.10. The number of hydrogen-bond acceptors (Lipinski definition) is 5. The van der Waals surface area contributed by atoms with E-state index in [1.165, 1.54) is 0 Å². The molecule has 0 saturated heterocycles. The first-order valence-corrected chi connectivity index (χ1v) is 8.61. The Kier molecular flexibility index (Phi) is 3.57. The summed E-state index contributed by atoms with van der Waals surface area (Å²) in [4.78, 5) is 4.44. The molecule has 1 aromatic carbocycles. The molecule has 0 saturated carbocycles. The maximum absolute atomic E-state index is 5.12. The van der Waals surface area contributed by atoms with Crippen LogP contribution < -0.4 is 0 Å². The van der Waals surface area contributed by atoms with Crippen molar-refractivity contribution in [1.29, 1.82) is 0 Å². The molecule has 0 bridgehead atoms. The molecule has 0 unspecified atom stereocenters. The van der Waals surface area contributed by atoms with E-state index in [9.17, 15) is 0 Å². The van der Waals surface area contributed by atoms with Crippen LogP contribution in [0.2, 0.25) is 0 Å². The average molecular weight is 356 g/mol. The van der Waals surface area contributed by atoms with Crippen molar-refractivity contribution in [3.8, 4) is 22.4 Å². The minimum Gasteiger partial charge on any atom is -0.361 e. The highest BCUT2D eigenvalue weighted by atomic mass is 16.5. The average Bonchev–Trinajstić information content (AvgIpc) is 3.42. The predicted molar refractivity (Wildman–Crippen MR) is 100.0 cm³/mol. The van der Waals surface area contributed by atoms with Gasteiger partial charge in [0.1, 0.15) is 11.5 Å². The fourth-order valence-corrected chi connectivity index (χ4v) is 3.14. The Morgan fingerprint density at radius 2 is 1.96 bits per heavy atom. The normalized spacial score (nSPS) is 11.3. The van der Waals surface area contributed by atoms with Gasteiger partial charge in [-0.3, -0.25) is 4.68 Å². The van der Waals surface area contributed by atoms with Crippen LogP contribution in [0, 0.1) is 6.92 Å². The van der Waals surface area contributed by atoms with Crippen molar-refractivity contribution in [2.75, 3.05) is 0 Å². The molecule has 0 fully saturated rings. The third kappa shape index (κ3) is 2.89. The minimum absolute atomic E-state index is 0.578. The van der Waals surface area contributed by atoms with E-state index in [2.05, 4.69) is 38.5 Å². The molecule has 0 aliphatic heterocycles. The van der Waals surface area contributed by atoms with E-state index >= 15 is 0 Å². The summed E-state index contributed by atoms with van der Waals surface area (Å²) in [6.07, 6.45) is 7.45. The van der Waals surface area contributed by atoms with Crippen molar-refractivity contribution < 1.29 is 4.52 Å². The van der Waals surface area contributed by atoms with Crippen molar-refractivity contribution in [3.63, 3.8) is 0 Å². The summed E-state index contributed by atoms with van der Waals surface area (Å²) in [5.41, 5.74) is 5.69. The molecule has 0 amide bonds. The lowest BCUT2D eigenvalue weighted by molar-refractivity contribution is 0.388. The molecular weight excluding hydrogens is 340 g/mol. The van der Waals surface area contributed by atoms with Gasteiger partial charge in [-0.05, 0) is 30.7 Å². The number of nitrogens with zero attached hydrogens (tertiary/aromatic N) is 6. The van der Waals surface area contributed by atoms with E-state index in [1.807, 2.05) is 54.5 Å². The molecule has 5 rings (SSSR count). The maximum atomic E-state index is 5.12. The standard InChI is InChI=1S/C20H16N6O/c1-14-10-17(24-27-14)13-25-9-6-19(23-25)16-5-2-4-15(11-16)18-12-22-26-8-3-7-21-20(18)26/h2-12H,13H2,1H3. The Bertz CT molecular complexity index is 1230. The summed E-state index contributed by atoms with van der Waals surface area (Å²) in [7, 11) is 0. The number of aromatic nitrogens is 6. The fraction of sp³-hybridized carbons (Fsp3) is 0.100. The van der Waals surface area contributed by atoms with Crippen LogP contribution in [0.5, 0.6) is 0 Å². The van der Waals surface area contributed by atoms with Crippen LogP contribution in [0.25, 0.3) is 28.0 Å². The van der Waals surface area contributed by atoms with Gasteiger partial charge in [-0.1, -0.05) is 23.4 Å². The summed E-state index contributed by atoms with van der Waals surface area (Å²) in [6.45, 7) is 2.46. The molecule has 0 radical (unpaired) electrons. The van der Waals surface area contributed by atoms with E-state index in [-0.39, 0.29) is 0 Å². The van der Waals surface area contributed by atoms with Crippen molar-refractivity contribution in [2.24, 2.45) is 0 Å². The minimum atomic E-state index is 0.578. The summed E-state index contributed by atoms with van der Waals surface area (Å²) in [5.74, 6) is 0.798. The van der Waals surface area contributed by atoms with E-state index in [1.54, 1.807) is 10.7 Å². The second-order valence-corrected chi connectivity index (χ2v) is 6.35. The number of hydrogen-bond donors (Lipinski definition) is 0. The Morgan fingerprint density at radius 1 is 1.04 bits per heavy atom. The van der Waals surface area contributed by atoms with Crippen molar-refractivity contribution in [1.82, 2.24) is 29.5 Å². The molecule has 132 valence electrons. The quantitative estimate of drug-likeness (QED) is 0.492. The molecule has 4 heterocycles. The number of fused-ring (bicyclic) bond motifs is 1. The lowest BCUT2D eigenvalue weighted by Gasteiger charge is -2.02. The van der Waals surface area contributed by atoms with Gasteiger partial charge in [0.2, 0.25) is 0 Å².